The van der Waals surface area contributed by atoms with Gasteiger partial charge >= 0.3 is 0 Å². The fourth-order valence-corrected chi connectivity index (χ4v) is 7.85. The summed E-state index contributed by atoms with van der Waals surface area (Å²) >= 11 is 3.09. The van der Waals surface area contributed by atoms with Crippen LogP contribution in [0.3, 0.4) is 0 Å². The number of Topliss-reactive ketones (excluding diaryl/α,β-unsaturated/α-hetero) is 1. The number of nitrogens with one attached hydrogen (secondary N) is 1. The van der Waals surface area contributed by atoms with Crippen LogP contribution in [0.15, 0.2) is 66.0 Å². The van der Waals surface area contributed by atoms with Gasteiger partial charge in [0.2, 0.25) is 5.91 Å². The van der Waals surface area contributed by atoms with E-state index >= 15 is 0 Å². The Morgan fingerprint density at radius 3 is 2.79 bits per heavy atom. The summed E-state index contributed by atoms with van der Waals surface area (Å²) in [4.78, 5) is 41.8. The van der Waals surface area contributed by atoms with Crippen LogP contribution in [0.4, 0.5) is 11.4 Å². The molecule has 0 bridgehead atoms. The largest absolute Gasteiger partial charge is 0.324 e. The number of thiophene rings is 1. The van der Waals surface area contributed by atoms with E-state index in [0.717, 1.165) is 22.6 Å². The molecule has 3 aromatic rings. The predicted octanol–water partition coefficient (Wildman–Crippen LogP) is 4.48. The number of nitrogens with zero attached hydrogens (tertiary/aromatic N) is 2. The zero-order valence-electron chi connectivity index (χ0n) is 17.3. The van der Waals surface area contributed by atoms with E-state index in [1.54, 1.807) is 30.0 Å². The number of thioether (sulfide) groups is 1. The molecule has 1 amide bonds. The number of anilines is 1. The normalized spacial score (nSPS) is 28.0. The van der Waals surface area contributed by atoms with Gasteiger partial charge in [-0.15, -0.1) is 23.1 Å². The fraction of sp³-hybridized carbons (Fsp3) is 0.250. The lowest BCUT2D eigenvalue weighted by molar-refractivity contribution is -0.384. The molecule has 166 valence electrons. The number of non-ortho nitro benzene ring substituents is 1. The van der Waals surface area contributed by atoms with E-state index in [0.29, 0.717) is 10.8 Å². The van der Waals surface area contributed by atoms with E-state index < -0.39 is 16.4 Å². The highest BCUT2D eigenvalue weighted by atomic mass is 32.2. The lowest BCUT2D eigenvalue weighted by atomic mass is 9.70. The van der Waals surface area contributed by atoms with Crippen molar-refractivity contribution < 1.29 is 14.5 Å². The van der Waals surface area contributed by atoms with Crippen LogP contribution in [-0.4, -0.2) is 39.2 Å². The average molecular weight is 478 g/mol. The molecule has 7 nitrogen and oxygen atoms in total. The maximum absolute atomic E-state index is 14.1. The average Bonchev–Trinajstić information content (AvgIpc) is 3.59. The van der Waals surface area contributed by atoms with Gasteiger partial charge in [0, 0.05) is 47.0 Å². The topological polar surface area (TPSA) is 92.5 Å². The van der Waals surface area contributed by atoms with Crippen LogP contribution < -0.4 is 5.32 Å². The van der Waals surface area contributed by atoms with Gasteiger partial charge in [-0.1, -0.05) is 36.4 Å². The monoisotopic (exact) mass is 477 g/mol. The first-order valence-electron chi connectivity index (χ1n) is 10.6. The second kappa shape index (κ2) is 7.51. The molecule has 0 radical (unpaired) electrons. The molecule has 0 saturated carbocycles. The zero-order chi connectivity index (χ0) is 22.7. The van der Waals surface area contributed by atoms with Gasteiger partial charge in [0.25, 0.3) is 5.69 Å². The molecule has 2 saturated heterocycles. The Hall–Kier alpha value is -3.01. The van der Waals surface area contributed by atoms with Crippen LogP contribution in [0.25, 0.3) is 0 Å². The third kappa shape index (κ3) is 2.79. The van der Waals surface area contributed by atoms with Crippen molar-refractivity contribution in [1.29, 1.82) is 0 Å². The number of hydrogen-bond donors (Lipinski definition) is 1. The minimum Gasteiger partial charge on any atom is -0.324 e. The zero-order valence-corrected chi connectivity index (χ0v) is 19.0. The number of fused-ring (bicyclic) bond motifs is 4. The summed E-state index contributed by atoms with van der Waals surface area (Å²) in [6.07, 6.45) is 0. The van der Waals surface area contributed by atoms with E-state index in [4.69, 9.17) is 0 Å². The summed E-state index contributed by atoms with van der Waals surface area (Å²) in [6.45, 7) is 0. The van der Waals surface area contributed by atoms with Crippen molar-refractivity contribution in [1.82, 2.24) is 4.90 Å². The van der Waals surface area contributed by atoms with Crippen molar-refractivity contribution in [2.75, 3.05) is 16.9 Å². The van der Waals surface area contributed by atoms with Gasteiger partial charge < -0.3 is 5.32 Å². The molecule has 3 aliphatic heterocycles. The molecule has 0 unspecified atom stereocenters. The Balaban J connectivity index is 1.62. The van der Waals surface area contributed by atoms with E-state index in [1.807, 2.05) is 41.8 Å². The van der Waals surface area contributed by atoms with E-state index in [9.17, 15) is 19.7 Å². The van der Waals surface area contributed by atoms with Crippen LogP contribution in [0.1, 0.15) is 26.7 Å². The standard InChI is InChI=1S/C24H19N3O4S2/c28-22(19-9-4-10-33-19)21-20(14-5-3-6-15(11-14)27(30)31)18-12-32-13-26(18)24(21)16-7-1-2-8-17(16)25-23(24)29/h1-11,18,20-21H,12-13H2,(H,25,29)/t18-,20-,21+,24+/m1/s1. The Labute approximate surface area is 197 Å². The Kier molecular flexibility index (Phi) is 4.69. The first-order valence-corrected chi connectivity index (χ1v) is 12.6. The van der Waals surface area contributed by atoms with Crippen molar-refractivity contribution in [3.8, 4) is 0 Å². The predicted molar refractivity (Wildman–Crippen MR) is 128 cm³/mol. The number of rotatable bonds is 4. The van der Waals surface area contributed by atoms with Gasteiger partial charge in [-0.2, -0.15) is 0 Å². The highest BCUT2D eigenvalue weighted by Gasteiger charge is 2.69. The third-order valence-electron chi connectivity index (χ3n) is 7.04. The molecule has 0 aliphatic carbocycles. The van der Waals surface area contributed by atoms with E-state index in [2.05, 4.69) is 10.2 Å². The van der Waals surface area contributed by atoms with Crippen LogP contribution in [-0.2, 0) is 10.3 Å². The second-order valence-electron chi connectivity index (χ2n) is 8.50. The number of para-hydroxylation sites is 1. The maximum Gasteiger partial charge on any atom is 0.269 e. The van der Waals surface area contributed by atoms with Crippen molar-refractivity contribution >= 4 is 46.2 Å². The minimum absolute atomic E-state index is 0.00996. The summed E-state index contributed by atoms with van der Waals surface area (Å²) in [7, 11) is 0. The highest BCUT2D eigenvalue weighted by molar-refractivity contribution is 7.99. The van der Waals surface area contributed by atoms with Gasteiger partial charge in [-0.05, 0) is 23.1 Å². The van der Waals surface area contributed by atoms with Crippen LogP contribution >= 0.6 is 23.1 Å². The molecular formula is C24H19N3O4S2. The quantitative estimate of drug-likeness (QED) is 0.339. The number of carbonyl (C=O) groups excluding carboxylic acids is 2. The third-order valence-corrected chi connectivity index (χ3v) is 8.96. The number of nitro benzene ring substituents is 1. The number of ketones is 1. The molecule has 1 spiro atoms. The maximum atomic E-state index is 14.1. The molecule has 33 heavy (non-hydrogen) atoms. The fourth-order valence-electron chi connectivity index (χ4n) is 5.82. The summed E-state index contributed by atoms with van der Waals surface area (Å²) in [5, 5.41) is 16.4. The molecule has 4 atom stereocenters. The van der Waals surface area contributed by atoms with Crippen LogP contribution in [0.5, 0.6) is 0 Å². The van der Waals surface area contributed by atoms with Crippen molar-refractivity contribution in [2.24, 2.45) is 5.92 Å². The van der Waals surface area contributed by atoms with Crippen molar-refractivity contribution in [3.05, 3.63) is 92.2 Å². The second-order valence-corrected chi connectivity index (χ2v) is 10.4. The number of carbonyl (C=O) groups is 2. The van der Waals surface area contributed by atoms with Gasteiger partial charge in [-0.3, -0.25) is 24.6 Å². The Morgan fingerprint density at radius 2 is 2.00 bits per heavy atom. The smallest absolute Gasteiger partial charge is 0.269 e. The van der Waals surface area contributed by atoms with Crippen LogP contribution in [0.2, 0.25) is 0 Å². The number of amides is 1. The number of hydrogen-bond acceptors (Lipinski definition) is 7. The van der Waals surface area contributed by atoms with Crippen LogP contribution in [0, 0.1) is 16.0 Å². The molecule has 1 aromatic heterocycles. The minimum atomic E-state index is -1.15. The first-order chi connectivity index (χ1) is 16.0. The van der Waals surface area contributed by atoms with E-state index in [-0.39, 0.29) is 29.3 Å². The highest BCUT2D eigenvalue weighted by Crippen LogP contribution is 2.61. The SMILES string of the molecule is O=C(c1cccs1)[C@@H]1[C@H](c2cccc([N+](=O)[O-])c2)[C@H]2CSCN2[C@]12C(=O)Nc1ccccc12. The molecular weight excluding hydrogens is 458 g/mol. The summed E-state index contributed by atoms with van der Waals surface area (Å²) in [5.41, 5.74) is 1.10. The molecule has 3 aliphatic rings. The van der Waals surface area contributed by atoms with Gasteiger partial charge in [0.15, 0.2) is 5.78 Å². The molecule has 6 rings (SSSR count). The lowest BCUT2D eigenvalue weighted by Crippen LogP contribution is -2.52. The van der Waals surface area contributed by atoms with Crippen molar-refractivity contribution in [3.63, 3.8) is 0 Å². The molecule has 2 fully saturated rings. The van der Waals surface area contributed by atoms with Gasteiger partial charge in [0.1, 0.15) is 5.54 Å². The lowest BCUT2D eigenvalue weighted by Gasteiger charge is -2.36. The summed E-state index contributed by atoms with van der Waals surface area (Å²) in [5.74, 6) is 0.0242. The molecule has 9 heteroatoms. The first kappa shape index (κ1) is 20.6. The molecule has 2 aromatic carbocycles. The Morgan fingerprint density at radius 1 is 1.15 bits per heavy atom. The Bertz CT molecular complexity index is 1290. The van der Waals surface area contributed by atoms with E-state index in [1.165, 1.54) is 17.4 Å². The van der Waals surface area contributed by atoms with Gasteiger partial charge in [-0.25, -0.2) is 0 Å². The molecule has 4 heterocycles. The van der Waals surface area contributed by atoms with Crippen molar-refractivity contribution in [2.45, 2.75) is 17.5 Å². The van der Waals surface area contributed by atoms with Gasteiger partial charge in [0.05, 0.1) is 15.7 Å². The number of nitro groups is 1. The summed E-state index contributed by atoms with van der Waals surface area (Å²) in [6, 6.07) is 17.6. The summed E-state index contributed by atoms with van der Waals surface area (Å²) < 4.78 is 0. The molecule has 1 N–H and O–H groups in total. The number of benzene rings is 2.